The molecule has 0 bridgehead atoms. The molecular weight excluding hydrogens is 300 g/mol. The van der Waals surface area contributed by atoms with E-state index < -0.39 is 10.2 Å². The minimum atomic E-state index is -3.31. The monoisotopic (exact) mass is 324 g/mol. The van der Waals surface area contributed by atoms with Crippen molar-refractivity contribution in [2.45, 2.75) is 25.7 Å². The number of hydrogen-bond donors (Lipinski definition) is 0. The number of morpholine rings is 1. The third-order valence-corrected chi connectivity index (χ3v) is 6.74. The molecule has 6 heteroatoms. The van der Waals surface area contributed by atoms with Crippen LogP contribution in [0.5, 0.6) is 0 Å². The van der Waals surface area contributed by atoms with Gasteiger partial charge in [0, 0.05) is 26.2 Å². The molecule has 22 heavy (non-hydrogen) atoms. The molecule has 0 atom stereocenters. The van der Waals surface area contributed by atoms with Gasteiger partial charge in [0.1, 0.15) is 0 Å². The standard InChI is InChI=1S/C16H24N2O3S/c1-14-4-2-3-5-16(14)15-6-8-17(9-7-15)22(19,20)18-10-12-21-13-11-18/h2-5,15H,6-13H2,1H3. The maximum Gasteiger partial charge on any atom is 0.282 e. The highest BCUT2D eigenvalue weighted by atomic mass is 32.2. The van der Waals surface area contributed by atoms with E-state index in [0.717, 1.165) is 12.8 Å². The summed E-state index contributed by atoms with van der Waals surface area (Å²) in [7, 11) is -3.31. The molecule has 0 N–H and O–H groups in total. The van der Waals surface area contributed by atoms with E-state index in [0.29, 0.717) is 45.3 Å². The fraction of sp³-hybridized carbons (Fsp3) is 0.625. The van der Waals surface area contributed by atoms with E-state index in [9.17, 15) is 8.42 Å². The molecule has 0 aliphatic carbocycles. The highest BCUT2D eigenvalue weighted by Crippen LogP contribution is 2.31. The van der Waals surface area contributed by atoms with E-state index in [-0.39, 0.29) is 0 Å². The van der Waals surface area contributed by atoms with Crippen LogP contribution in [-0.2, 0) is 14.9 Å². The van der Waals surface area contributed by atoms with E-state index in [4.69, 9.17) is 4.74 Å². The van der Waals surface area contributed by atoms with Crippen molar-refractivity contribution < 1.29 is 13.2 Å². The van der Waals surface area contributed by atoms with Gasteiger partial charge >= 0.3 is 0 Å². The first kappa shape index (κ1) is 15.9. The summed E-state index contributed by atoms with van der Waals surface area (Å²) in [5.41, 5.74) is 2.67. The van der Waals surface area contributed by atoms with Crippen LogP contribution >= 0.6 is 0 Å². The Morgan fingerprint density at radius 1 is 1.00 bits per heavy atom. The van der Waals surface area contributed by atoms with Crippen LogP contribution in [0.25, 0.3) is 0 Å². The topological polar surface area (TPSA) is 49.9 Å². The van der Waals surface area contributed by atoms with Crippen molar-refractivity contribution in [2.75, 3.05) is 39.4 Å². The Labute approximate surface area is 133 Å². The first-order valence-corrected chi connectivity index (χ1v) is 9.37. The molecule has 1 aromatic carbocycles. The summed E-state index contributed by atoms with van der Waals surface area (Å²) < 4.78 is 33.7. The second-order valence-electron chi connectivity index (χ2n) is 6.05. The molecule has 3 rings (SSSR count). The van der Waals surface area contributed by atoms with Gasteiger partial charge in [-0.15, -0.1) is 0 Å². The Kier molecular flexibility index (Phi) is 4.82. The molecule has 1 aromatic rings. The molecule has 0 saturated carbocycles. The molecule has 0 radical (unpaired) electrons. The molecule has 0 aromatic heterocycles. The minimum absolute atomic E-state index is 0.470. The van der Waals surface area contributed by atoms with Crippen molar-refractivity contribution in [2.24, 2.45) is 0 Å². The molecule has 2 fully saturated rings. The van der Waals surface area contributed by atoms with Gasteiger partial charge in [0.2, 0.25) is 0 Å². The van der Waals surface area contributed by atoms with Gasteiger partial charge in [-0.25, -0.2) is 0 Å². The van der Waals surface area contributed by atoms with Gasteiger partial charge in [0.15, 0.2) is 0 Å². The molecule has 2 aliphatic rings. The summed E-state index contributed by atoms with van der Waals surface area (Å²) in [5.74, 6) is 0.470. The maximum absolute atomic E-state index is 12.6. The van der Waals surface area contributed by atoms with Crippen molar-refractivity contribution >= 4 is 10.2 Å². The van der Waals surface area contributed by atoms with E-state index in [1.165, 1.54) is 11.1 Å². The number of hydrogen-bond acceptors (Lipinski definition) is 3. The van der Waals surface area contributed by atoms with Gasteiger partial charge < -0.3 is 4.74 Å². The largest absolute Gasteiger partial charge is 0.379 e. The summed E-state index contributed by atoms with van der Waals surface area (Å²) in [6.45, 7) is 5.29. The molecule has 2 heterocycles. The second-order valence-corrected chi connectivity index (χ2v) is 7.98. The Morgan fingerprint density at radius 3 is 2.23 bits per heavy atom. The number of nitrogens with zero attached hydrogens (tertiary/aromatic N) is 2. The van der Waals surface area contributed by atoms with E-state index in [1.54, 1.807) is 8.61 Å². The lowest BCUT2D eigenvalue weighted by molar-refractivity contribution is 0.0696. The van der Waals surface area contributed by atoms with Gasteiger partial charge in [0.25, 0.3) is 10.2 Å². The van der Waals surface area contributed by atoms with Gasteiger partial charge in [-0.2, -0.15) is 17.0 Å². The Balaban J connectivity index is 1.65. The van der Waals surface area contributed by atoms with Crippen LogP contribution < -0.4 is 0 Å². The number of aryl methyl sites for hydroxylation is 1. The average molecular weight is 324 g/mol. The van der Waals surface area contributed by atoms with E-state index in [1.807, 2.05) is 0 Å². The fourth-order valence-corrected chi connectivity index (χ4v) is 4.99. The summed E-state index contributed by atoms with van der Waals surface area (Å²) in [5, 5.41) is 0. The lowest BCUT2D eigenvalue weighted by Gasteiger charge is -2.36. The Hall–Kier alpha value is -0.950. The minimum Gasteiger partial charge on any atom is -0.379 e. The first-order chi connectivity index (χ1) is 10.6. The Morgan fingerprint density at radius 2 is 1.59 bits per heavy atom. The van der Waals surface area contributed by atoms with Gasteiger partial charge in [-0.05, 0) is 36.8 Å². The molecular formula is C16H24N2O3S. The zero-order valence-electron chi connectivity index (χ0n) is 13.1. The first-order valence-electron chi connectivity index (χ1n) is 7.97. The third kappa shape index (κ3) is 3.20. The van der Waals surface area contributed by atoms with E-state index >= 15 is 0 Å². The van der Waals surface area contributed by atoms with Crippen LogP contribution in [-0.4, -0.2) is 56.4 Å². The van der Waals surface area contributed by atoms with Crippen LogP contribution in [0.1, 0.15) is 29.9 Å². The van der Waals surface area contributed by atoms with Gasteiger partial charge in [-0.1, -0.05) is 24.3 Å². The third-order valence-electron chi connectivity index (χ3n) is 4.70. The molecule has 2 aliphatic heterocycles. The number of ether oxygens (including phenoxy) is 1. The highest BCUT2D eigenvalue weighted by molar-refractivity contribution is 7.86. The molecule has 2 saturated heterocycles. The maximum atomic E-state index is 12.6. The zero-order valence-corrected chi connectivity index (χ0v) is 13.9. The summed E-state index contributed by atoms with van der Waals surface area (Å²) >= 11 is 0. The van der Waals surface area contributed by atoms with Crippen LogP contribution in [0.15, 0.2) is 24.3 Å². The van der Waals surface area contributed by atoms with Crippen LogP contribution in [0.4, 0.5) is 0 Å². The predicted octanol–water partition coefficient (Wildman–Crippen LogP) is 1.75. The second kappa shape index (κ2) is 6.66. The molecule has 0 unspecified atom stereocenters. The van der Waals surface area contributed by atoms with Crippen molar-refractivity contribution in [1.82, 2.24) is 8.61 Å². The van der Waals surface area contributed by atoms with Crippen molar-refractivity contribution in [3.05, 3.63) is 35.4 Å². The van der Waals surface area contributed by atoms with E-state index in [2.05, 4.69) is 31.2 Å². The predicted molar refractivity (Wildman–Crippen MR) is 86.0 cm³/mol. The SMILES string of the molecule is Cc1ccccc1C1CCN(S(=O)(=O)N2CCOCC2)CC1. The molecule has 122 valence electrons. The van der Waals surface area contributed by atoms with Crippen LogP contribution in [0, 0.1) is 6.92 Å². The summed E-state index contributed by atoms with van der Waals surface area (Å²) in [4.78, 5) is 0. The normalized spacial score (nSPS) is 22.8. The van der Waals surface area contributed by atoms with Gasteiger partial charge in [-0.3, -0.25) is 0 Å². The lowest BCUT2D eigenvalue weighted by atomic mass is 9.87. The fourth-order valence-electron chi connectivity index (χ4n) is 3.38. The summed E-state index contributed by atoms with van der Waals surface area (Å²) in [6.07, 6.45) is 1.79. The smallest absolute Gasteiger partial charge is 0.282 e. The van der Waals surface area contributed by atoms with Crippen LogP contribution in [0.2, 0.25) is 0 Å². The molecule has 0 spiro atoms. The highest BCUT2D eigenvalue weighted by Gasteiger charge is 2.34. The van der Waals surface area contributed by atoms with Crippen molar-refractivity contribution in [1.29, 1.82) is 0 Å². The summed E-state index contributed by atoms with van der Waals surface area (Å²) in [6, 6.07) is 8.42. The van der Waals surface area contributed by atoms with Gasteiger partial charge in [0.05, 0.1) is 13.2 Å². The van der Waals surface area contributed by atoms with Crippen molar-refractivity contribution in [3.63, 3.8) is 0 Å². The average Bonchev–Trinajstić information content (AvgIpc) is 2.56. The van der Waals surface area contributed by atoms with Crippen molar-refractivity contribution in [3.8, 4) is 0 Å². The Bertz CT molecular complexity index is 604. The van der Waals surface area contributed by atoms with Crippen LogP contribution in [0.3, 0.4) is 0 Å². The molecule has 5 nitrogen and oxygen atoms in total. The number of benzene rings is 1. The zero-order chi connectivity index (χ0) is 15.6. The quantitative estimate of drug-likeness (QED) is 0.851. The molecule has 0 amide bonds. The lowest BCUT2D eigenvalue weighted by Crippen LogP contribution is -2.50. The number of piperidine rings is 1. The number of rotatable bonds is 3.